The van der Waals surface area contributed by atoms with Gasteiger partial charge in [0.25, 0.3) is 0 Å². The Kier molecular flexibility index (Phi) is 3.72. The number of carbonyl (C=O) groups excluding carboxylic acids is 1. The van der Waals surface area contributed by atoms with Crippen LogP contribution < -0.4 is 0 Å². The van der Waals surface area contributed by atoms with Crippen LogP contribution in [-0.2, 0) is 4.79 Å². The quantitative estimate of drug-likeness (QED) is 0.856. The molecule has 2 aromatic rings. The predicted molar refractivity (Wildman–Crippen MR) is 74.5 cm³/mol. The lowest BCUT2D eigenvalue weighted by Gasteiger charge is -2.33. The first-order valence-electron chi connectivity index (χ1n) is 7.21. The number of aryl methyl sites for hydroxylation is 1. The summed E-state index contributed by atoms with van der Waals surface area (Å²) >= 11 is 0. The van der Waals surface area contributed by atoms with Gasteiger partial charge in [0.05, 0.1) is 6.33 Å². The minimum absolute atomic E-state index is 0.109. The van der Waals surface area contributed by atoms with Crippen molar-refractivity contribution in [3.8, 4) is 0 Å². The van der Waals surface area contributed by atoms with Gasteiger partial charge in [-0.3, -0.25) is 4.79 Å². The van der Waals surface area contributed by atoms with Gasteiger partial charge in [0.15, 0.2) is 5.82 Å². The summed E-state index contributed by atoms with van der Waals surface area (Å²) in [4.78, 5) is 22.8. The average Bonchev–Trinajstić information content (AvgIpc) is 3.17. The second-order valence-corrected chi connectivity index (χ2v) is 5.48. The summed E-state index contributed by atoms with van der Waals surface area (Å²) in [5.41, 5.74) is 0. The van der Waals surface area contributed by atoms with Crippen LogP contribution in [0, 0.1) is 6.92 Å². The second-order valence-electron chi connectivity index (χ2n) is 5.48. The molecule has 1 aliphatic rings. The number of imidazole rings is 1. The monoisotopic (exact) mass is 289 g/mol. The Balaban J connectivity index is 1.69. The molecule has 0 aromatic carbocycles. The SMILES string of the molecule is Cc1nc([C@H]2CCCN(C(=O)[C@@H](C)n3ccnc3)C2)no1. The van der Waals surface area contributed by atoms with Crippen molar-refractivity contribution in [2.24, 2.45) is 0 Å². The Labute approximate surface area is 123 Å². The van der Waals surface area contributed by atoms with Gasteiger partial charge >= 0.3 is 0 Å². The van der Waals surface area contributed by atoms with Crippen LogP contribution in [-0.4, -0.2) is 43.6 Å². The van der Waals surface area contributed by atoms with Crippen LogP contribution in [0.5, 0.6) is 0 Å². The van der Waals surface area contributed by atoms with Gasteiger partial charge in [-0.05, 0) is 19.8 Å². The lowest BCUT2D eigenvalue weighted by molar-refractivity contribution is -0.135. The standard InChI is InChI=1S/C14H19N5O2/c1-10(19-7-5-15-9-19)14(20)18-6-3-4-12(8-18)13-16-11(2)21-17-13/h5,7,9-10,12H,3-4,6,8H2,1-2H3/t10-,12+/m1/s1. The molecule has 1 aliphatic heterocycles. The van der Waals surface area contributed by atoms with E-state index in [4.69, 9.17) is 4.52 Å². The molecule has 1 saturated heterocycles. The van der Waals surface area contributed by atoms with E-state index in [1.165, 1.54) is 0 Å². The van der Waals surface area contributed by atoms with Crippen molar-refractivity contribution in [3.63, 3.8) is 0 Å². The molecule has 3 rings (SSSR count). The van der Waals surface area contributed by atoms with Crippen molar-refractivity contribution in [1.29, 1.82) is 0 Å². The molecule has 0 spiro atoms. The van der Waals surface area contributed by atoms with E-state index in [0.717, 1.165) is 19.4 Å². The molecule has 0 radical (unpaired) electrons. The lowest BCUT2D eigenvalue weighted by atomic mass is 9.97. The number of carbonyl (C=O) groups is 1. The van der Waals surface area contributed by atoms with Crippen LogP contribution in [0.15, 0.2) is 23.2 Å². The van der Waals surface area contributed by atoms with Crippen LogP contribution in [0.1, 0.15) is 43.4 Å². The van der Waals surface area contributed by atoms with Gasteiger partial charge in [-0.2, -0.15) is 4.98 Å². The molecule has 7 nitrogen and oxygen atoms in total. The number of likely N-dealkylation sites (tertiary alicyclic amines) is 1. The Hall–Kier alpha value is -2.18. The average molecular weight is 289 g/mol. The fourth-order valence-corrected chi connectivity index (χ4v) is 2.76. The molecule has 21 heavy (non-hydrogen) atoms. The minimum atomic E-state index is -0.238. The molecule has 1 fully saturated rings. The van der Waals surface area contributed by atoms with E-state index in [2.05, 4.69) is 15.1 Å². The highest BCUT2D eigenvalue weighted by Crippen LogP contribution is 2.26. The number of amides is 1. The van der Waals surface area contributed by atoms with Crippen molar-refractivity contribution in [1.82, 2.24) is 24.6 Å². The maximum Gasteiger partial charge on any atom is 0.245 e. The fourth-order valence-electron chi connectivity index (χ4n) is 2.76. The lowest BCUT2D eigenvalue weighted by Crippen LogP contribution is -2.42. The number of piperidine rings is 1. The summed E-state index contributed by atoms with van der Waals surface area (Å²) < 4.78 is 6.87. The first-order valence-corrected chi connectivity index (χ1v) is 7.21. The van der Waals surface area contributed by atoms with Gasteiger partial charge in [-0.1, -0.05) is 5.16 Å². The first kappa shape index (κ1) is 13.8. The van der Waals surface area contributed by atoms with Crippen LogP contribution in [0.4, 0.5) is 0 Å². The topological polar surface area (TPSA) is 77.1 Å². The number of rotatable bonds is 3. The molecule has 0 aliphatic carbocycles. The number of nitrogens with zero attached hydrogens (tertiary/aromatic N) is 5. The molecule has 112 valence electrons. The molecular formula is C14H19N5O2. The molecule has 0 N–H and O–H groups in total. The van der Waals surface area contributed by atoms with Crippen LogP contribution >= 0.6 is 0 Å². The molecule has 0 saturated carbocycles. The number of hydrogen-bond donors (Lipinski definition) is 0. The van der Waals surface area contributed by atoms with E-state index in [-0.39, 0.29) is 17.9 Å². The number of aromatic nitrogens is 4. The van der Waals surface area contributed by atoms with Crippen molar-refractivity contribution in [3.05, 3.63) is 30.4 Å². The van der Waals surface area contributed by atoms with Gasteiger partial charge in [-0.15, -0.1) is 0 Å². The van der Waals surface area contributed by atoms with Crippen LogP contribution in [0.2, 0.25) is 0 Å². The smallest absolute Gasteiger partial charge is 0.245 e. The van der Waals surface area contributed by atoms with Crippen molar-refractivity contribution >= 4 is 5.91 Å². The molecule has 2 aromatic heterocycles. The van der Waals surface area contributed by atoms with Gasteiger partial charge in [0.2, 0.25) is 11.8 Å². The molecule has 7 heteroatoms. The summed E-state index contributed by atoms with van der Waals surface area (Å²) in [6, 6.07) is -0.238. The molecule has 0 unspecified atom stereocenters. The van der Waals surface area contributed by atoms with E-state index in [0.29, 0.717) is 18.3 Å². The Morgan fingerprint density at radius 1 is 1.52 bits per heavy atom. The van der Waals surface area contributed by atoms with Gasteiger partial charge in [0.1, 0.15) is 6.04 Å². The van der Waals surface area contributed by atoms with E-state index >= 15 is 0 Å². The molecule has 1 amide bonds. The zero-order valence-corrected chi connectivity index (χ0v) is 12.3. The highest BCUT2D eigenvalue weighted by Gasteiger charge is 2.30. The van der Waals surface area contributed by atoms with Crippen molar-refractivity contribution in [2.45, 2.75) is 38.6 Å². The molecule has 2 atom stereocenters. The third-order valence-corrected chi connectivity index (χ3v) is 3.97. The normalized spacial score (nSPS) is 20.5. The van der Waals surface area contributed by atoms with Gasteiger partial charge in [-0.25, -0.2) is 4.98 Å². The summed E-state index contributed by atoms with van der Waals surface area (Å²) in [5, 5.41) is 3.99. The van der Waals surface area contributed by atoms with Crippen LogP contribution in [0.25, 0.3) is 0 Å². The highest BCUT2D eigenvalue weighted by atomic mass is 16.5. The van der Waals surface area contributed by atoms with Gasteiger partial charge in [0, 0.05) is 38.3 Å². The molecular weight excluding hydrogens is 270 g/mol. The number of hydrogen-bond acceptors (Lipinski definition) is 5. The zero-order valence-electron chi connectivity index (χ0n) is 12.3. The fraction of sp³-hybridized carbons (Fsp3) is 0.571. The first-order chi connectivity index (χ1) is 10.1. The third-order valence-electron chi connectivity index (χ3n) is 3.97. The molecule has 0 bridgehead atoms. The third kappa shape index (κ3) is 2.81. The maximum atomic E-state index is 12.6. The van der Waals surface area contributed by atoms with Crippen molar-refractivity contribution in [2.75, 3.05) is 13.1 Å². The van der Waals surface area contributed by atoms with E-state index in [1.54, 1.807) is 19.4 Å². The van der Waals surface area contributed by atoms with Gasteiger partial charge < -0.3 is 14.0 Å². The van der Waals surface area contributed by atoms with E-state index < -0.39 is 0 Å². The highest BCUT2D eigenvalue weighted by molar-refractivity contribution is 5.80. The minimum Gasteiger partial charge on any atom is -0.340 e. The summed E-state index contributed by atoms with van der Waals surface area (Å²) in [5.74, 6) is 1.55. The van der Waals surface area contributed by atoms with Crippen LogP contribution in [0.3, 0.4) is 0 Å². The summed E-state index contributed by atoms with van der Waals surface area (Å²) in [6.07, 6.45) is 7.12. The Morgan fingerprint density at radius 3 is 3.05 bits per heavy atom. The Bertz CT molecular complexity index is 607. The predicted octanol–water partition coefficient (Wildman–Crippen LogP) is 1.54. The zero-order chi connectivity index (χ0) is 14.8. The summed E-state index contributed by atoms with van der Waals surface area (Å²) in [6.45, 7) is 5.11. The maximum absolute atomic E-state index is 12.6. The van der Waals surface area contributed by atoms with E-state index in [1.807, 2.05) is 22.6 Å². The largest absolute Gasteiger partial charge is 0.340 e. The molecule has 3 heterocycles. The second kappa shape index (κ2) is 5.67. The van der Waals surface area contributed by atoms with E-state index in [9.17, 15) is 4.79 Å². The van der Waals surface area contributed by atoms with Crippen molar-refractivity contribution < 1.29 is 9.32 Å². The summed E-state index contributed by atoms with van der Waals surface area (Å²) in [7, 11) is 0. The Morgan fingerprint density at radius 2 is 2.38 bits per heavy atom.